The van der Waals surface area contributed by atoms with Crippen LogP contribution < -0.4 is 4.74 Å². The van der Waals surface area contributed by atoms with E-state index in [-0.39, 0.29) is 18.8 Å². The van der Waals surface area contributed by atoms with Gasteiger partial charge in [-0.2, -0.15) is 0 Å². The van der Waals surface area contributed by atoms with E-state index in [9.17, 15) is 4.79 Å². The molecule has 0 aromatic heterocycles. The van der Waals surface area contributed by atoms with Gasteiger partial charge >= 0.3 is 5.97 Å². The van der Waals surface area contributed by atoms with E-state index in [4.69, 9.17) is 9.84 Å². The Labute approximate surface area is 114 Å². The second-order valence-corrected chi connectivity index (χ2v) is 3.86. The van der Waals surface area contributed by atoms with E-state index in [2.05, 4.69) is 4.90 Å². The van der Waals surface area contributed by atoms with Crippen molar-refractivity contribution in [2.24, 2.45) is 0 Å². The summed E-state index contributed by atoms with van der Waals surface area (Å²) < 4.78 is 5.09. The van der Waals surface area contributed by atoms with Gasteiger partial charge in [0.25, 0.3) is 0 Å². The van der Waals surface area contributed by atoms with Crippen molar-refractivity contribution in [3.8, 4) is 5.75 Å². The Hall–Kier alpha value is -1.26. The molecule has 0 saturated heterocycles. The summed E-state index contributed by atoms with van der Waals surface area (Å²) in [4.78, 5) is 12.6. The lowest BCUT2D eigenvalue weighted by molar-refractivity contribution is -0.137. The number of hydrogen-bond acceptors (Lipinski definition) is 3. The number of rotatable bonds is 7. The van der Waals surface area contributed by atoms with Crippen LogP contribution in [-0.4, -0.2) is 36.2 Å². The second-order valence-electron chi connectivity index (χ2n) is 3.86. The van der Waals surface area contributed by atoms with Crippen LogP contribution in [0.1, 0.15) is 18.9 Å². The van der Waals surface area contributed by atoms with Gasteiger partial charge in [0.05, 0.1) is 13.5 Å². The SMILES string of the molecule is CCN(CCC(=O)O)Cc1ccc(OC)cc1.Cl. The fourth-order valence-electron chi connectivity index (χ4n) is 1.59. The lowest BCUT2D eigenvalue weighted by Crippen LogP contribution is -2.25. The average Bonchev–Trinajstić information content (AvgIpc) is 2.35. The number of carbonyl (C=O) groups is 1. The Morgan fingerprint density at radius 1 is 1.33 bits per heavy atom. The third-order valence-electron chi connectivity index (χ3n) is 2.65. The van der Waals surface area contributed by atoms with Gasteiger partial charge in [0.1, 0.15) is 5.75 Å². The summed E-state index contributed by atoms with van der Waals surface area (Å²) in [5.41, 5.74) is 1.16. The Kier molecular flexibility index (Phi) is 8.16. The Morgan fingerprint density at radius 2 is 1.94 bits per heavy atom. The lowest BCUT2D eigenvalue weighted by atomic mass is 10.2. The molecule has 0 unspecified atom stereocenters. The van der Waals surface area contributed by atoms with E-state index in [1.807, 2.05) is 31.2 Å². The molecular formula is C13H20ClNO3. The molecule has 0 bridgehead atoms. The van der Waals surface area contributed by atoms with Gasteiger partial charge in [0.2, 0.25) is 0 Å². The van der Waals surface area contributed by atoms with E-state index < -0.39 is 5.97 Å². The van der Waals surface area contributed by atoms with Gasteiger partial charge in [-0.1, -0.05) is 19.1 Å². The first kappa shape index (κ1) is 16.7. The van der Waals surface area contributed by atoms with E-state index in [0.29, 0.717) is 6.54 Å². The minimum Gasteiger partial charge on any atom is -0.497 e. The molecule has 0 fully saturated rings. The van der Waals surface area contributed by atoms with Crippen molar-refractivity contribution in [1.82, 2.24) is 4.90 Å². The van der Waals surface area contributed by atoms with Gasteiger partial charge in [0.15, 0.2) is 0 Å². The molecule has 102 valence electrons. The maximum Gasteiger partial charge on any atom is 0.304 e. The van der Waals surface area contributed by atoms with Crippen molar-refractivity contribution in [2.45, 2.75) is 19.9 Å². The second kappa shape index (κ2) is 8.78. The summed E-state index contributed by atoms with van der Waals surface area (Å²) in [6.45, 7) is 4.23. The summed E-state index contributed by atoms with van der Waals surface area (Å²) >= 11 is 0. The average molecular weight is 274 g/mol. The molecule has 0 atom stereocenters. The number of carboxylic acids is 1. The highest BCUT2D eigenvalue weighted by Crippen LogP contribution is 2.13. The van der Waals surface area contributed by atoms with Crippen LogP contribution >= 0.6 is 12.4 Å². The smallest absolute Gasteiger partial charge is 0.304 e. The van der Waals surface area contributed by atoms with Crippen LogP contribution in [0.3, 0.4) is 0 Å². The molecule has 1 aromatic rings. The van der Waals surface area contributed by atoms with Gasteiger partial charge in [-0.25, -0.2) is 0 Å². The van der Waals surface area contributed by atoms with Gasteiger partial charge in [-0.3, -0.25) is 9.69 Å². The van der Waals surface area contributed by atoms with E-state index in [1.54, 1.807) is 7.11 Å². The number of aliphatic carboxylic acids is 1. The molecule has 0 radical (unpaired) electrons. The number of nitrogens with zero attached hydrogens (tertiary/aromatic N) is 1. The maximum absolute atomic E-state index is 10.5. The van der Waals surface area contributed by atoms with E-state index >= 15 is 0 Å². The van der Waals surface area contributed by atoms with Crippen molar-refractivity contribution in [3.63, 3.8) is 0 Å². The Morgan fingerprint density at radius 3 is 2.39 bits per heavy atom. The lowest BCUT2D eigenvalue weighted by Gasteiger charge is -2.19. The van der Waals surface area contributed by atoms with Crippen LogP contribution in [0.2, 0.25) is 0 Å². The normalized spacial score (nSPS) is 9.94. The molecular weight excluding hydrogens is 254 g/mol. The van der Waals surface area contributed by atoms with Gasteiger partial charge in [0, 0.05) is 13.1 Å². The fourth-order valence-corrected chi connectivity index (χ4v) is 1.59. The maximum atomic E-state index is 10.5. The predicted molar refractivity (Wildman–Crippen MR) is 73.4 cm³/mol. The van der Waals surface area contributed by atoms with Gasteiger partial charge in [-0.05, 0) is 24.2 Å². The van der Waals surface area contributed by atoms with Crippen LogP contribution in [0.25, 0.3) is 0 Å². The van der Waals surface area contributed by atoms with Crippen LogP contribution in [0, 0.1) is 0 Å². The quantitative estimate of drug-likeness (QED) is 0.829. The van der Waals surface area contributed by atoms with E-state index in [0.717, 1.165) is 24.4 Å². The highest BCUT2D eigenvalue weighted by Gasteiger charge is 2.06. The molecule has 0 spiro atoms. The number of carboxylic acid groups (broad SMARTS) is 1. The van der Waals surface area contributed by atoms with Crippen LogP contribution in [-0.2, 0) is 11.3 Å². The topological polar surface area (TPSA) is 49.8 Å². The van der Waals surface area contributed by atoms with E-state index in [1.165, 1.54) is 0 Å². The molecule has 0 aliphatic heterocycles. The van der Waals surface area contributed by atoms with Crippen molar-refractivity contribution in [1.29, 1.82) is 0 Å². The molecule has 5 heteroatoms. The molecule has 1 N–H and O–H groups in total. The van der Waals surface area contributed by atoms with Crippen molar-refractivity contribution in [2.75, 3.05) is 20.2 Å². The molecule has 18 heavy (non-hydrogen) atoms. The molecule has 0 saturated carbocycles. The number of hydrogen-bond donors (Lipinski definition) is 1. The van der Waals surface area contributed by atoms with Crippen LogP contribution in [0.15, 0.2) is 24.3 Å². The van der Waals surface area contributed by atoms with Crippen LogP contribution in [0.4, 0.5) is 0 Å². The Balaban J connectivity index is 0.00000289. The van der Waals surface area contributed by atoms with Crippen molar-refractivity contribution < 1.29 is 14.6 Å². The molecule has 0 aliphatic carbocycles. The molecule has 1 aromatic carbocycles. The predicted octanol–water partition coefficient (Wildman–Crippen LogP) is 2.41. The summed E-state index contributed by atoms with van der Waals surface area (Å²) in [5, 5.41) is 8.65. The Bertz CT molecular complexity index is 354. The summed E-state index contributed by atoms with van der Waals surface area (Å²) in [5.74, 6) is 0.0838. The number of methoxy groups -OCH3 is 1. The summed E-state index contributed by atoms with van der Waals surface area (Å²) in [6, 6.07) is 7.84. The summed E-state index contributed by atoms with van der Waals surface area (Å²) in [6.07, 6.45) is 0.185. The minimum absolute atomic E-state index is 0. The highest BCUT2D eigenvalue weighted by molar-refractivity contribution is 5.85. The highest BCUT2D eigenvalue weighted by atomic mass is 35.5. The molecule has 0 aliphatic rings. The zero-order valence-electron chi connectivity index (χ0n) is 10.8. The van der Waals surface area contributed by atoms with Crippen molar-refractivity contribution in [3.05, 3.63) is 29.8 Å². The summed E-state index contributed by atoms with van der Waals surface area (Å²) in [7, 11) is 1.64. The first-order valence-electron chi connectivity index (χ1n) is 5.72. The monoisotopic (exact) mass is 273 g/mol. The molecule has 1 rings (SSSR count). The minimum atomic E-state index is -0.752. The zero-order chi connectivity index (χ0) is 12.7. The zero-order valence-corrected chi connectivity index (χ0v) is 11.6. The molecule has 0 heterocycles. The van der Waals surface area contributed by atoms with Crippen LogP contribution in [0.5, 0.6) is 5.75 Å². The number of benzene rings is 1. The van der Waals surface area contributed by atoms with Gasteiger partial charge < -0.3 is 9.84 Å². The fraction of sp³-hybridized carbons (Fsp3) is 0.462. The van der Waals surface area contributed by atoms with Gasteiger partial charge in [-0.15, -0.1) is 12.4 Å². The third kappa shape index (κ3) is 5.89. The number of ether oxygens (including phenoxy) is 1. The molecule has 4 nitrogen and oxygen atoms in total. The first-order valence-corrected chi connectivity index (χ1v) is 5.72. The van der Waals surface area contributed by atoms with Crippen molar-refractivity contribution >= 4 is 18.4 Å². The molecule has 0 amide bonds. The third-order valence-corrected chi connectivity index (χ3v) is 2.65. The largest absolute Gasteiger partial charge is 0.497 e. The first-order chi connectivity index (χ1) is 8.15. The standard InChI is InChI=1S/C13H19NO3.ClH/c1-3-14(9-8-13(15)16)10-11-4-6-12(17-2)7-5-11;/h4-7H,3,8-10H2,1-2H3,(H,15,16);1H. The number of halogens is 1.